The molecule has 1 N–H and O–H groups in total. The maximum absolute atomic E-state index is 12.1. The molecule has 2 aromatic heterocycles. The topological polar surface area (TPSA) is 59.8 Å². The lowest BCUT2D eigenvalue weighted by Crippen LogP contribution is -2.23. The fraction of sp³-hybridized carbons (Fsp3) is 0.118. The van der Waals surface area contributed by atoms with Crippen molar-refractivity contribution in [3.05, 3.63) is 77.7 Å². The van der Waals surface area contributed by atoms with Gasteiger partial charge < -0.3 is 5.32 Å². The summed E-state index contributed by atoms with van der Waals surface area (Å²) in [6, 6.07) is 13.2. The molecule has 1 amide bonds. The summed E-state index contributed by atoms with van der Waals surface area (Å²) >= 11 is 0. The number of aryl methyl sites for hydroxylation is 1. The minimum absolute atomic E-state index is 0.0748. The van der Waals surface area contributed by atoms with E-state index in [1.165, 1.54) is 0 Å². The Kier molecular flexibility index (Phi) is 3.96. The molecule has 0 unspecified atom stereocenters. The standard InChI is InChI=1S/C17H16N4O/c1-13-5-2-3-6-15(13)17(22)19-12-14-7-8-16(18-11-14)21-10-4-9-20-21/h2-11H,12H2,1H3,(H,19,22). The molecule has 3 rings (SSSR count). The van der Waals surface area contributed by atoms with Gasteiger partial charge in [0.15, 0.2) is 5.82 Å². The van der Waals surface area contributed by atoms with Crippen molar-refractivity contribution < 1.29 is 4.79 Å². The average Bonchev–Trinajstić information content (AvgIpc) is 3.08. The van der Waals surface area contributed by atoms with Gasteiger partial charge in [-0.15, -0.1) is 0 Å². The summed E-state index contributed by atoms with van der Waals surface area (Å²) in [7, 11) is 0. The first-order chi connectivity index (χ1) is 10.7. The van der Waals surface area contributed by atoms with E-state index in [0.29, 0.717) is 12.1 Å². The Hall–Kier alpha value is -2.95. The van der Waals surface area contributed by atoms with Gasteiger partial charge in [0.1, 0.15) is 0 Å². The second kappa shape index (κ2) is 6.22. The number of nitrogens with zero attached hydrogens (tertiary/aromatic N) is 3. The molecule has 0 spiro atoms. The van der Waals surface area contributed by atoms with Crippen molar-refractivity contribution in [1.29, 1.82) is 0 Å². The van der Waals surface area contributed by atoms with E-state index >= 15 is 0 Å². The van der Waals surface area contributed by atoms with Gasteiger partial charge in [-0.3, -0.25) is 4.79 Å². The lowest BCUT2D eigenvalue weighted by atomic mass is 10.1. The van der Waals surface area contributed by atoms with Crippen LogP contribution in [-0.4, -0.2) is 20.7 Å². The summed E-state index contributed by atoms with van der Waals surface area (Å²) in [6.45, 7) is 2.37. The van der Waals surface area contributed by atoms with Gasteiger partial charge in [-0.05, 0) is 36.2 Å². The first-order valence-corrected chi connectivity index (χ1v) is 7.03. The number of amides is 1. The molecule has 5 heteroatoms. The molecule has 0 atom stereocenters. The predicted molar refractivity (Wildman–Crippen MR) is 83.7 cm³/mol. The van der Waals surface area contributed by atoms with E-state index in [0.717, 1.165) is 16.9 Å². The number of benzene rings is 1. The maximum atomic E-state index is 12.1. The van der Waals surface area contributed by atoms with Crippen LogP contribution in [0.2, 0.25) is 0 Å². The lowest BCUT2D eigenvalue weighted by Gasteiger charge is -2.08. The summed E-state index contributed by atoms with van der Waals surface area (Å²) in [5, 5.41) is 7.03. The van der Waals surface area contributed by atoms with Crippen LogP contribution in [0, 0.1) is 6.92 Å². The molecule has 0 bridgehead atoms. The minimum Gasteiger partial charge on any atom is -0.348 e. The van der Waals surface area contributed by atoms with Crippen LogP contribution >= 0.6 is 0 Å². The molecule has 0 saturated heterocycles. The van der Waals surface area contributed by atoms with E-state index in [9.17, 15) is 4.79 Å². The van der Waals surface area contributed by atoms with Crippen LogP contribution in [0.1, 0.15) is 21.5 Å². The Morgan fingerprint density at radius 2 is 2.05 bits per heavy atom. The summed E-state index contributed by atoms with van der Waals surface area (Å²) in [6.07, 6.45) is 5.29. The monoisotopic (exact) mass is 292 g/mol. The number of pyridine rings is 1. The molecule has 0 aliphatic rings. The van der Waals surface area contributed by atoms with Gasteiger partial charge in [0.25, 0.3) is 5.91 Å². The number of carbonyl (C=O) groups excluding carboxylic acids is 1. The maximum Gasteiger partial charge on any atom is 0.251 e. The normalized spacial score (nSPS) is 10.4. The fourth-order valence-corrected chi connectivity index (χ4v) is 2.17. The molecular formula is C17H16N4O. The molecule has 0 fully saturated rings. The highest BCUT2D eigenvalue weighted by molar-refractivity contribution is 5.95. The zero-order valence-electron chi connectivity index (χ0n) is 12.2. The highest BCUT2D eigenvalue weighted by Gasteiger charge is 2.07. The molecular weight excluding hydrogens is 276 g/mol. The lowest BCUT2D eigenvalue weighted by molar-refractivity contribution is 0.0950. The number of rotatable bonds is 4. The Balaban J connectivity index is 1.64. The zero-order valence-corrected chi connectivity index (χ0v) is 12.2. The van der Waals surface area contributed by atoms with E-state index in [-0.39, 0.29) is 5.91 Å². The molecule has 2 heterocycles. The third-order valence-corrected chi connectivity index (χ3v) is 3.39. The minimum atomic E-state index is -0.0748. The second-order valence-electron chi connectivity index (χ2n) is 4.97. The number of nitrogens with one attached hydrogen (secondary N) is 1. The van der Waals surface area contributed by atoms with Gasteiger partial charge in [-0.2, -0.15) is 5.10 Å². The van der Waals surface area contributed by atoms with Gasteiger partial charge in [0, 0.05) is 30.7 Å². The summed E-state index contributed by atoms with van der Waals surface area (Å²) in [5.74, 6) is 0.674. The van der Waals surface area contributed by atoms with Crippen LogP contribution < -0.4 is 5.32 Å². The molecule has 5 nitrogen and oxygen atoms in total. The summed E-state index contributed by atoms with van der Waals surface area (Å²) < 4.78 is 1.69. The number of hydrogen-bond donors (Lipinski definition) is 1. The number of carbonyl (C=O) groups is 1. The van der Waals surface area contributed by atoms with E-state index in [1.807, 2.05) is 55.6 Å². The van der Waals surface area contributed by atoms with Gasteiger partial charge in [-0.25, -0.2) is 9.67 Å². The van der Waals surface area contributed by atoms with E-state index in [1.54, 1.807) is 17.1 Å². The second-order valence-corrected chi connectivity index (χ2v) is 4.97. The fourth-order valence-electron chi connectivity index (χ4n) is 2.17. The van der Waals surface area contributed by atoms with E-state index in [4.69, 9.17) is 0 Å². The molecule has 110 valence electrons. The van der Waals surface area contributed by atoms with Crippen LogP contribution in [0.3, 0.4) is 0 Å². The van der Waals surface area contributed by atoms with Gasteiger partial charge in [0.2, 0.25) is 0 Å². The van der Waals surface area contributed by atoms with Crippen molar-refractivity contribution in [2.75, 3.05) is 0 Å². The number of hydrogen-bond acceptors (Lipinski definition) is 3. The SMILES string of the molecule is Cc1ccccc1C(=O)NCc1ccc(-n2cccn2)nc1. The Labute approximate surface area is 128 Å². The Morgan fingerprint density at radius 3 is 2.73 bits per heavy atom. The molecule has 1 aromatic carbocycles. The van der Waals surface area contributed by atoms with Crippen LogP contribution in [0.4, 0.5) is 0 Å². The van der Waals surface area contributed by atoms with Crippen molar-refractivity contribution in [3.63, 3.8) is 0 Å². The largest absolute Gasteiger partial charge is 0.348 e. The average molecular weight is 292 g/mol. The van der Waals surface area contributed by atoms with Crippen molar-refractivity contribution in [1.82, 2.24) is 20.1 Å². The Morgan fingerprint density at radius 1 is 1.18 bits per heavy atom. The van der Waals surface area contributed by atoms with E-state index < -0.39 is 0 Å². The van der Waals surface area contributed by atoms with Crippen LogP contribution in [-0.2, 0) is 6.54 Å². The highest BCUT2D eigenvalue weighted by Crippen LogP contribution is 2.08. The zero-order chi connectivity index (χ0) is 15.4. The predicted octanol–water partition coefficient (Wildman–Crippen LogP) is 2.51. The molecule has 0 saturated carbocycles. The van der Waals surface area contributed by atoms with Crippen molar-refractivity contribution in [3.8, 4) is 5.82 Å². The molecule has 0 radical (unpaired) electrons. The number of aromatic nitrogens is 3. The molecule has 0 aliphatic carbocycles. The smallest absolute Gasteiger partial charge is 0.251 e. The first-order valence-electron chi connectivity index (χ1n) is 7.03. The van der Waals surface area contributed by atoms with Crippen LogP contribution in [0.15, 0.2) is 61.1 Å². The quantitative estimate of drug-likeness (QED) is 0.803. The van der Waals surface area contributed by atoms with Crippen molar-refractivity contribution in [2.24, 2.45) is 0 Å². The van der Waals surface area contributed by atoms with Gasteiger partial charge in [0.05, 0.1) is 0 Å². The van der Waals surface area contributed by atoms with Crippen molar-refractivity contribution >= 4 is 5.91 Å². The third-order valence-electron chi connectivity index (χ3n) is 3.39. The molecule has 0 aliphatic heterocycles. The third kappa shape index (κ3) is 3.03. The van der Waals surface area contributed by atoms with Gasteiger partial charge >= 0.3 is 0 Å². The highest BCUT2D eigenvalue weighted by atomic mass is 16.1. The first kappa shape index (κ1) is 14.0. The molecule has 3 aromatic rings. The Bertz CT molecular complexity index is 764. The summed E-state index contributed by atoms with van der Waals surface area (Å²) in [5.41, 5.74) is 2.61. The van der Waals surface area contributed by atoms with Crippen LogP contribution in [0.5, 0.6) is 0 Å². The van der Waals surface area contributed by atoms with Crippen LogP contribution in [0.25, 0.3) is 5.82 Å². The molecule has 22 heavy (non-hydrogen) atoms. The van der Waals surface area contributed by atoms with E-state index in [2.05, 4.69) is 15.4 Å². The van der Waals surface area contributed by atoms with Crippen molar-refractivity contribution in [2.45, 2.75) is 13.5 Å². The summed E-state index contributed by atoms with van der Waals surface area (Å²) in [4.78, 5) is 16.5. The van der Waals surface area contributed by atoms with Gasteiger partial charge in [-0.1, -0.05) is 24.3 Å².